The minimum absolute atomic E-state index is 0.156. The predicted octanol–water partition coefficient (Wildman–Crippen LogP) is 3.30. The quantitative estimate of drug-likeness (QED) is 0.633. The summed E-state index contributed by atoms with van der Waals surface area (Å²) in [6.07, 6.45) is 7.39. The Balaban J connectivity index is 1.99. The van der Waals surface area contributed by atoms with E-state index >= 15 is 4.39 Å². The van der Waals surface area contributed by atoms with E-state index in [4.69, 9.17) is 15.9 Å². The first-order valence-corrected chi connectivity index (χ1v) is 7.66. The maximum absolute atomic E-state index is 15.0. The molecule has 5 nitrogen and oxygen atoms in total. The van der Waals surface area contributed by atoms with Gasteiger partial charge in [-0.25, -0.2) is 9.37 Å². The molecule has 1 aliphatic carbocycles. The van der Waals surface area contributed by atoms with Gasteiger partial charge in [-0.1, -0.05) is 12.5 Å². The molecule has 1 aromatic heterocycles. The Kier molecular flexibility index (Phi) is 4.62. The van der Waals surface area contributed by atoms with E-state index in [-0.39, 0.29) is 19.0 Å². The summed E-state index contributed by atoms with van der Waals surface area (Å²) in [5, 5.41) is 7.03. The van der Waals surface area contributed by atoms with Gasteiger partial charge in [0.05, 0.1) is 31.3 Å². The smallest absolute Gasteiger partial charge is 0.141 e. The van der Waals surface area contributed by atoms with E-state index in [9.17, 15) is 0 Å². The summed E-state index contributed by atoms with van der Waals surface area (Å²) >= 11 is 0. The standard InChI is InChI=1S/C17H19FN4O/c18-17-13(15-8-22-16(20)9-21-15)5-4-12(11-2-1-3-11)14(17)10-23-7-6-19/h4-6,8-9,11,19H,1-3,7,10H2,(H2,20,22). The van der Waals surface area contributed by atoms with Gasteiger partial charge in [0, 0.05) is 17.3 Å². The minimum Gasteiger partial charge on any atom is -0.382 e. The Morgan fingerprint density at radius 1 is 1.30 bits per heavy atom. The van der Waals surface area contributed by atoms with E-state index in [0.29, 0.717) is 28.6 Å². The first-order valence-electron chi connectivity index (χ1n) is 7.66. The lowest BCUT2D eigenvalue weighted by atomic mass is 9.77. The van der Waals surface area contributed by atoms with Crippen LogP contribution in [0.1, 0.15) is 36.3 Å². The second kappa shape index (κ2) is 6.83. The second-order valence-electron chi connectivity index (χ2n) is 5.67. The highest BCUT2D eigenvalue weighted by molar-refractivity contribution is 5.62. The maximum Gasteiger partial charge on any atom is 0.141 e. The Bertz CT molecular complexity index is 698. The number of nitrogen functional groups attached to an aromatic ring is 1. The third kappa shape index (κ3) is 3.22. The fraction of sp³-hybridized carbons (Fsp3) is 0.353. The zero-order valence-electron chi connectivity index (χ0n) is 12.8. The molecule has 0 saturated heterocycles. The summed E-state index contributed by atoms with van der Waals surface area (Å²) in [5.41, 5.74) is 7.95. The van der Waals surface area contributed by atoms with Crippen LogP contribution in [0, 0.1) is 11.2 Å². The SMILES string of the molecule is N=CCOCc1c(C2CCC2)ccc(-c2cnc(N)cn2)c1F. The third-order valence-corrected chi connectivity index (χ3v) is 4.22. The highest BCUT2D eigenvalue weighted by Crippen LogP contribution is 2.40. The second-order valence-corrected chi connectivity index (χ2v) is 5.67. The molecule has 120 valence electrons. The molecule has 6 heteroatoms. The molecule has 3 N–H and O–H groups in total. The molecule has 0 radical (unpaired) electrons. The van der Waals surface area contributed by atoms with Gasteiger partial charge in [-0.05, 0) is 30.4 Å². The molecule has 0 amide bonds. The molecule has 0 bridgehead atoms. The molecular formula is C17H19FN4O. The number of nitrogens with zero attached hydrogens (tertiary/aromatic N) is 2. The Labute approximate surface area is 134 Å². The van der Waals surface area contributed by atoms with E-state index in [1.54, 1.807) is 6.07 Å². The van der Waals surface area contributed by atoms with Crippen molar-refractivity contribution in [1.29, 1.82) is 5.41 Å². The molecule has 0 spiro atoms. The summed E-state index contributed by atoms with van der Waals surface area (Å²) in [7, 11) is 0. The van der Waals surface area contributed by atoms with Gasteiger partial charge in [0.25, 0.3) is 0 Å². The maximum atomic E-state index is 15.0. The van der Waals surface area contributed by atoms with Crippen LogP contribution in [0.25, 0.3) is 11.3 Å². The molecule has 23 heavy (non-hydrogen) atoms. The number of ether oxygens (including phenoxy) is 1. The Morgan fingerprint density at radius 3 is 2.74 bits per heavy atom. The summed E-state index contributed by atoms with van der Waals surface area (Å²) < 4.78 is 20.4. The third-order valence-electron chi connectivity index (χ3n) is 4.22. The highest BCUT2D eigenvalue weighted by Gasteiger charge is 2.25. The molecule has 0 unspecified atom stereocenters. The van der Waals surface area contributed by atoms with Gasteiger partial charge in [-0.15, -0.1) is 0 Å². The van der Waals surface area contributed by atoms with Gasteiger partial charge >= 0.3 is 0 Å². The van der Waals surface area contributed by atoms with Crippen molar-refractivity contribution in [1.82, 2.24) is 9.97 Å². The normalized spacial score (nSPS) is 14.5. The summed E-state index contributed by atoms with van der Waals surface area (Å²) in [6.45, 7) is 0.332. The van der Waals surface area contributed by atoms with Gasteiger partial charge < -0.3 is 15.9 Å². The topological polar surface area (TPSA) is 84.9 Å². The average Bonchev–Trinajstić information content (AvgIpc) is 2.50. The van der Waals surface area contributed by atoms with E-state index in [1.165, 1.54) is 18.8 Å². The van der Waals surface area contributed by atoms with Crippen molar-refractivity contribution in [2.45, 2.75) is 31.8 Å². The van der Waals surface area contributed by atoms with Crippen LogP contribution < -0.4 is 5.73 Å². The summed E-state index contributed by atoms with van der Waals surface area (Å²) in [6, 6.07) is 3.71. The largest absolute Gasteiger partial charge is 0.382 e. The molecule has 1 aliphatic rings. The average molecular weight is 314 g/mol. The molecular weight excluding hydrogens is 295 g/mol. The number of hydrogen-bond acceptors (Lipinski definition) is 5. The lowest BCUT2D eigenvalue weighted by molar-refractivity contribution is 0.155. The molecule has 1 fully saturated rings. The van der Waals surface area contributed by atoms with Crippen molar-refractivity contribution < 1.29 is 9.13 Å². The number of aromatic nitrogens is 2. The van der Waals surface area contributed by atoms with Crippen molar-refractivity contribution in [3.63, 3.8) is 0 Å². The molecule has 1 heterocycles. The summed E-state index contributed by atoms with van der Waals surface area (Å²) in [4.78, 5) is 8.13. The zero-order chi connectivity index (χ0) is 16.2. The molecule has 1 saturated carbocycles. The predicted molar refractivity (Wildman–Crippen MR) is 86.9 cm³/mol. The van der Waals surface area contributed by atoms with Crippen LogP contribution in [0.4, 0.5) is 10.2 Å². The van der Waals surface area contributed by atoms with Crippen LogP contribution in [-0.2, 0) is 11.3 Å². The van der Waals surface area contributed by atoms with Crippen molar-refractivity contribution in [3.8, 4) is 11.3 Å². The summed E-state index contributed by atoms with van der Waals surface area (Å²) in [5.74, 6) is 0.378. The molecule has 0 atom stereocenters. The fourth-order valence-corrected chi connectivity index (χ4v) is 2.78. The number of rotatable bonds is 6. The number of halogens is 1. The molecule has 1 aromatic carbocycles. The highest BCUT2D eigenvalue weighted by atomic mass is 19.1. The van der Waals surface area contributed by atoms with Gasteiger partial charge in [-0.3, -0.25) is 4.98 Å². The molecule has 3 rings (SSSR count). The molecule has 2 aromatic rings. The number of anilines is 1. The van der Waals surface area contributed by atoms with Gasteiger partial charge in [0.1, 0.15) is 11.6 Å². The van der Waals surface area contributed by atoms with Crippen molar-refractivity contribution in [3.05, 3.63) is 41.5 Å². The minimum atomic E-state index is -0.321. The van der Waals surface area contributed by atoms with E-state index in [2.05, 4.69) is 9.97 Å². The first kappa shape index (κ1) is 15.6. The number of nitrogens with two attached hydrogens (primary N) is 1. The van der Waals surface area contributed by atoms with E-state index in [1.807, 2.05) is 6.07 Å². The first-order chi connectivity index (χ1) is 11.2. The van der Waals surface area contributed by atoms with Crippen LogP contribution in [0.15, 0.2) is 24.5 Å². The van der Waals surface area contributed by atoms with Crippen molar-refractivity contribution >= 4 is 12.0 Å². The van der Waals surface area contributed by atoms with Gasteiger partial charge in [0.2, 0.25) is 0 Å². The number of benzene rings is 1. The van der Waals surface area contributed by atoms with Crippen molar-refractivity contribution in [2.24, 2.45) is 0 Å². The lowest BCUT2D eigenvalue weighted by Gasteiger charge is -2.28. The van der Waals surface area contributed by atoms with Crippen molar-refractivity contribution in [2.75, 3.05) is 12.3 Å². The van der Waals surface area contributed by atoms with Crippen LogP contribution >= 0.6 is 0 Å². The van der Waals surface area contributed by atoms with Crippen LogP contribution in [0.3, 0.4) is 0 Å². The van der Waals surface area contributed by atoms with E-state index < -0.39 is 0 Å². The zero-order valence-corrected chi connectivity index (χ0v) is 12.8. The van der Waals surface area contributed by atoms with Gasteiger partial charge in [-0.2, -0.15) is 0 Å². The Morgan fingerprint density at radius 2 is 2.13 bits per heavy atom. The van der Waals surface area contributed by atoms with Crippen LogP contribution in [-0.4, -0.2) is 22.8 Å². The molecule has 0 aliphatic heterocycles. The van der Waals surface area contributed by atoms with Crippen LogP contribution in [0.2, 0.25) is 0 Å². The Hall–Kier alpha value is -2.34. The fourth-order valence-electron chi connectivity index (χ4n) is 2.78. The lowest BCUT2D eigenvalue weighted by Crippen LogP contribution is -2.14. The monoisotopic (exact) mass is 314 g/mol. The number of nitrogens with one attached hydrogen (secondary N) is 1. The number of hydrogen-bond donors (Lipinski definition) is 2. The van der Waals surface area contributed by atoms with Crippen LogP contribution in [0.5, 0.6) is 0 Å². The van der Waals surface area contributed by atoms with Gasteiger partial charge in [0.15, 0.2) is 0 Å². The van der Waals surface area contributed by atoms with E-state index in [0.717, 1.165) is 24.6 Å².